The Balaban J connectivity index is 1.42. The lowest BCUT2D eigenvalue weighted by Gasteiger charge is -2.54. The van der Waals surface area contributed by atoms with Crippen LogP contribution < -0.4 is 0 Å². The average molecular weight is 498 g/mol. The first-order valence-corrected chi connectivity index (χ1v) is 14.2. The molecule has 3 saturated carbocycles. The molecule has 3 aliphatic carbocycles. The zero-order chi connectivity index (χ0) is 26.1. The van der Waals surface area contributed by atoms with Crippen molar-refractivity contribution in [2.24, 2.45) is 40.0 Å². The minimum atomic E-state index is -0.580. The number of Topliss-reactive ketones (excluding diaryl/α,β-unsaturated/α-hetero) is 1. The number of aliphatic imine (C=N–C) groups is 1. The van der Waals surface area contributed by atoms with Crippen molar-refractivity contribution in [3.8, 4) is 0 Å². The van der Waals surface area contributed by atoms with Gasteiger partial charge in [0.15, 0.2) is 5.78 Å². The molecule has 3 aliphatic rings. The molecule has 8 atom stereocenters. The zero-order valence-electron chi connectivity index (χ0n) is 22.8. The maximum absolute atomic E-state index is 13.6. The van der Waals surface area contributed by atoms with Crippen molar-refractivity contribution in [3.63, 3.8) is 0 Å². The van der Waals surface area contributed by atoms with E-state index in [1.54, 1.807) is 10.9 Å². The van der Waals surface area contributed by atoms with Gasteiger partial charge in [-0.05, 0) is 95.3 Å². The lowest BCUT2D eigenvalue weighted by atomic mass is 9.52. The zero-order valence-corrected chi connectivity index (χ0v) is 22.8. The van der Waals surface area contributed by atoms with Crippen molar-refractivity contribution < 1.29 is 15.0 Å². The summed E-state index contributed by atoms with van der Waals surface area (Å²) in [5.41, 5.74) is 0.874. The van der Waals surface area contributed by atoms with Gasteiger partial charge in [-0.1, -0.05) is 33.1 Å². The lowest BCUT2D eigenvalue weighted by Crippen LogP contribution is -2.53. The van der Waals surface area contributed by atoms with Crippen LogP contribution in [-0.4, -0.2) is 44.2 Å². The second-order valence-electron chi connectivity index (χ2n) is 12.6. The average Bonchev–Trinajstić information content (AvgIpc) is 3.36. The Kier molecular flexibility index (Phi) is 8.25. The molecule has 6 nitrogen and oxygen atoms in total. The van der Waals surface area contributed by atoms with E-state index in [-0.39, 0.29) is 23.7 Å². The first kappa shape index (κ1) is 27.3. The van der Waals surface area contributed by atoms with E-state index in [0.29, 0.717) is 23.7 Å². The summed E-state index contributed by atoms with van der Waals surface area (Å²) in [5, 5.41) is 26.9. The summed E-state index contributed by atoms with van der Waals surface area (Å²) in [4.78, 5) is 17.3. The number of aromatic nitrogens is 2. The molecule has 0 radical (unpaired) electrons. The van der Waals surface area contributed by atoms with E-state index in [4.69, 9.17) is 0 Å². The molecule has 1 aromatic heterocycles. The summed E-state index contributed by atoms with van der Waals surface area (Å²) in [7, 11) is 0. The summed E-state index contributed by atoms with van der Waals surface area (Å²) < 4.78 is 1.74. The number of carbonyl (C=O) groups is 1. The molecular weight excluding hydrogens is 450 g/mol. The summed E-state index contributed by atoms with van der Waals surface area (Å²) in [6.07, 6.45) is 15.0. The fraction of sp³-hybridized carbons (Fsp3) is 0.767. The number of aliphatic hydroxyl groups is 2. The monoisotopic (exact) mass is 497 g/mol. The first-order chi connectivity index (χ1) is 17.1. The van der Waals surface area contributed by atoms with Crippen LogP contribution in [0, 0.1) is 41.9 Å². The maximum atomic E-state index is 13.6. The van der Waals surface area contributed by atoms with Gasteiger partial charge in [0.2, 0.25) is 0 Å². The number of fused-ring (bicyclic) bond motifs is 3. The van der Waals surface area contributed by atoms with Crippen LogP contribution in [0.4, 0.5) is 0 Å². The normalized spacial score (nSPS) is 35.8. The van der Waals surface area contributed by atoms with Gasteiger partial charge < -0.3 is 10.2 Å². The van der Waals surface area contributed by atoms with Crippen LogP contribution in [-0.2, 0) is 11.3 Å². The molecule has 3 fully saturated rings. The Bertz CT molecular complexity index is 967. The highest BCUT2D eigenvalue weighted by Crippen LogP contribution is 2.62. The van der Waals surface area contributed by atoms with Crippen LogP contribution in [0.15, 0.2) is 17.4 Å². The van der Waals surface area contributed by atoms with E-state index in [1.165, 1.54) is 6.42 Å². The highest BCUT2D eigenvalue weighted by Gasteiger charge is 2.60. The van der Waals surface area contributed by atoms with E-state index in [0.717, 1.165) is 69.0 Å². The summed E-state index contributed by atoms with van der Waals surface area (Å²) >= 11 is 0. The Labute approximate surface area is 217 Å². The third kappa shape index (κ3) is 5.40. The molecule has 36 heavy (non-hydrogen) atoms. The molecular formula is C30H47N3O3. The van der Waals surface area contributed by atoms with Crippen LogP contribution in [0.25, 0.3) is 6.08 Å². The van der Waals surface area contributed by atoms with Crippen molar-refractivity contribution in [2.45, 2.75) is 110 Å². The second-order valence-corrected chi connectivity index (χ2v) is 12.6. The molecule has 1 heterocycles. The fourth-order valence-corrected chi connectivity index (χ4v) is 8.26. The molecule has 200 valence electrons. The fourth-order valence-electron chi connectivity index (χ4n) is 8.26. The minimum Gasteiger partial charge on any atom is -0.393 e. The molecule has 0 bridgehead atoms. The largest absolute Gasteiger partial charge is 0.393 e. The van der Waals surface area contributed by atoms with Gasteiger partial charge in [-0.15, -0.1) is 0 Å². The van der Waals surface area contributed by atoms with Gasteiger partial charge in [0, 0.05) is 29.3 Å². The van der Waals surface area contributed by atoms with Gasteiger partial charge in [-0.3, -0.25) is 14.5 Å². The van der Waals surface area contributed by atoms with Gasteiger partial charge in [0.25, 0.3) is 0 Å². The molecule has 0 aromatic carbocycles. The standard InChI is InChI=1S/C30H47N3O3/c1-6-7-13-29(3,36)17-21-8-9-24-23(15-21)16-28(35)30(4)25(24)10-11-26(30)27(34)19-33-18-22(12-14-31-5)20(2)32-33/h12,14,18,21,23-26,28,35-36H,5-11,13,15-17,19H2,1-4H3/b14-12-/t21-,23+,24-,25+,26-,28-,29?,30+/m1/s1. The van der Waals surface area contributed by atoms with Crippen molar-refractivity contribution in [3.05, 3.63) is 23.7 Å². The van der Waals surface area contributed by atoms with Crippen LogP contribution in [0.2, 0.25) is 0 Å². The molecule has 0 saturated heterocycles. The number of unbranched alkanes of at least 4 members (excludes halogenated alkanes) is 1. The minimum absolute atomic E-state index is 0.121. The van der Waals surface area contributed by atoms with Gasteiger partial charge in [-0.2, -0.15) is 5.10 Å². The van der Waals surface area contributed by atoms with Crippen LogP contribution in [0.1, 0.15) is 96.2 Å². The van der Waals surface area contributed by atoms with E-state index in [2.05, 4.69) is 30.7 Å². The molecule has 4 rings (SSSR count). The molecule has 6 heteroatoms. The number of ketones is 1. The highest BCUT2D eigenvalue weighted by molar-refractivity contribution is 5.82. The van der Waals surface area contributed by atoms with Crippen molar-refractivity contribution in [2.75, 3.05) is 0 Å². The van der Waals surface area contributed by atoms with E-state index < -0.39 is 11.7 Å². The molecule has 2 N–H and O–H groups in total. The van der Waals surface area contributed by atoms with E-state index in [1.807, 2.05) is 26.1 Å². The number of hydrogen-bond acceptors (Lipinski definition) is 5. The molecule has 0 spiro atoms. The third-order valence-electron chi connectivity index (χ3n) is 10.1. The van der Waals surface area contributed by atoms with Crippen LogP contribution >= 0.6 is 0 Å². The molecule has 0 aliphatic heterocycles. The third-order valence-corrected chi connectivity index (χ3v) is 10.1. The number of aryl methyl sites for hydroxylation is 1. The molecule has 0 amide bonds. The van der Waals surface area contributed by atoms with Crippen LogP contribution in [0.3, 0.4) is 0 Å². The predicted octanol–water partition coefficient (Wildman–Crippen LogP) is 5.59. The Morgan fingerprint density at radius 3 is 2.83 bits per heavy atom. The maximum Gasteiger partial charge on any atom is 0.157 e. The topological polar surface area (TPSA) is 87.7 Å². The number of rotatable bonds is 10. The Morgan fingerprint density at radius 2 is 2.11 bits per heavy atom. The quantitative estimate of drug-likeness (QED) is 0.412. The first-order valence-electron chi connectivity index (χ1n) is 14.2. The lowest BCUT2D eigenvalue weighted by molar-refractivity contribution is -0.144. The Morgan fingerprint density at radius 1 is 1.33 bits per heavy atom. The van der Waals surface area contributed by atoms with Gasteiger partial charge in [0.1, 0.15) is 0 Å². The van der Waals surface area contributed by atoms with Gasteiger partial charge >= 0.3 is 0 Å². The van der Waals surface area contributed by atoms with E-state index in [9.17, 15) is 15.0 Å². The number of hydrogen-bond donors (Lipinski definition) is 2. The van der Waals surface area contributed by atoms with Crippen LogP contribution in [0.5, 0.6) is 0 Å². The number of nitrogens with zero attached hydrogens (tertiary/aromatic N) is 3. The summed E-state index contributed by atoms with van der Waals surface area (Å²) in [6, 6.07) is 0. The molecule has 1 unspecified atom stereocenters. The van der Waals surface area contributed by atoms with Crippen molar-refractivity contribution in [1.82, 2.24) is 9.78 Å². The van der Waals surface area contributed by atoms with Gasteiger partial charge in [-0.25, -0.2) is 0 Å². The number of aliphatic hydroxyl groups excluding tert-OH is 1. The second kappa shape index (κ2) is 10.9. The Hall–Kier alpha value is -1.79. The van der Waals surface area contributed by atoms with Crippen molar-refractivity contribution in [1.29, 1.82) is 0 Å². The summed E-state index contributed by atoms with van der Waals surface area (Å²) in [5.74, 6) is 2.11. The van der Waals surface area contributed by atoms with E-state index >= 15 is 0 Å². The smallest absolute Gasteiger partial charge is 0.157 e. The SMILES string of the molecule is C=N/C=C\c1cn(CC(=O)[C@H]2CC[C@H]3[C@@H]4CC[C@@H](CC(C)(O)CCCC)C[C@H]4C[C@@H](O)[C@]23C)nc1C. The van der Waals surface area contributed by atoms with Crippen molar-refractivity contribution >= 4 is 18.6 Å². The highest BCUT2D eigenvalue weighted by atomic mass is 16.3. The predicted molar refractivity (Wildman–Crippen MR) is 145 cm³/mol. The molecule has 1 aromatic rings. The van der Waals surface area contributed by atoms with Gasteiger partial charge in [0.05, 0.1) is 23.9 Å². The number of carbonyl (C=O) groups excluding carboxylic acids is 1. The summed E-state index contributed by atoms with van der Waals surface area (Å²) in [6.45, 7) is 12.0.